The average Bonchev–Trinajstić information content (AvgIpc) is 3.29. The SMILES string of the molecule is C[C@]12CC[C@H]3[C@@H](CC=C4CC(=O)CC[C@@]43C)[C@@H]1CC[C@@H]2[C@@H]1CO1. The van der Waals surface area contributed by atoms with Gasteiger partial charge in [-0.2, -0.15) is 0 Å². The van der Waals surface area contributed by atoms with Crippen molar-refractivity contribution in [1.29, 1.82) is 0 Å². The largest absolute Gasteiger partial charge is 0.373 e. The molecule has 126 valence electrons. The van der Waals surface area contributed by atoms with Gasteiger partial charge in [-0.1, -0.05) is 25.5 Å². The van der Waals surface area contributed by atoms with E-state index in [-0.39, 0.29) is 0 Å². The Hall–Kier alpha value is -0.630. The summed E-state index contributed by atoms with van der Waals surface area (Å²) in [7, 11) is 0. The van der Waals surface area contributed by atoms with Crippen LogP contribution in [0.2, 0.25) is 0 Å². The van der Waals surface area contributed by atoms with E-state index in [1.54, 1.807) is 0 Å². The topological polar surface area (TPSA) is 29.6 Å². The summed E-state index contributed by atoms with van der Waals surface area (Å²) in [4.78, 5) is 11.9. The quantitative estimate of drug-likeness (QED) is 0.525. The summed E-state index contributed by atoms with van der Waals surface area (Å²) in [5, 5.41) is 0. The van der Waals surface area contributed by atoms with Crippen LogP contribution in [0.15, 0.2) is 11.6 Å². The minimum atomic E-state index is 0.326. The van der Waals surface area contributed by atoms with Crippen molar-refractivity contribution >= 4 is 5.78 Å². The molecule has 0 aromatic carbocycles. The zero-order valence-electron chi connectivity index (χ0n) is 14.6. The number of Topliss-reactive ketones (excluding diaryl/α,β-unsaturated/α-hetero) is 1. The fourth-order valence-corrected chi connectivity index (χ4v) is 7.42. The van der Waals surface area contributed by atoms with E-state index in [1.807, 2.05) is 0 Å². The van der Waals surface area contributed by atoms with Crippen molar-refractivity contribution in [2.24, 2.45) is 34.5 Å². The molecule has 5 aliphatic rings. The van der Waals surface area contributed by atoms with E-state index in [4.69, 9.17) is 4.74 Å². The summed E-state index contributed by atoms with van der Waals surface area (Å²) in [6.45, 7) is 6.09. The fourth-order valence-electron chi connectivity index (χ4n) is 7.42. The van der Waals surface area contributed by atoms with E-state index in [0.717, 1.165) is 49.5 Å². The van der Waals surface area contributed by atoms with Crippen LogP contribution in [0.3, 0.4) is 0 Å². The lowest BCUT2D eigenvalue weighted by Gasteiger charge is -2.57. The lowest BCUT2D eigenvalue weighted by Crippen LogP contribution is -2.50. The van der Waals surface area contributed by atoms with Crippen molar-refractivity contribution < 1.29 is 9.53 Å². The molecule has 0 N–H and O–H groups in total. The fraction of sp³-hybridized carbons (Fsp3) is 0.857. The number of ether oxygens (including phenoxy) is 1. The normalized spacial score (nSPS) is 54.8. The van der Waals surface area contributed by atoms with Gasteiger partial charge < -0.3 is 4.74 Å². The number of rotatable bonds is 1. The monoisotopic (exact) mass is 314 g/mol. The Bertz CT molecular complexity index is 574. The number of epoxide rings is 1. The van der Waals surface area contributed by atoms with Crippen molar-refractivity contribution in [2.45, 2.75) is 71.3 Å². The molecule has 7 atom stereocenters. The first-order chi connectivity index (χ1) is 11.0. The standard InChI is InChI=1S/C21H30O2/c1-20-9-7-14(22)11-13(20)3-4-15-16-5-6-18(19-12-23-19)21(16,2)10-8-17(15)20/h3,15-19H,4-12H2,1-2H3/t15-,16-,17-,18+,19-,20-,21-/m0/s1. The molecule has 0 spiro atoms. The molecule has 1 saturated heterocycles. The highest BCUT2D eigenvalue weighted by Gasteiger charge is 2.61. The van der Waals surface area contributed by atoms with Gasteiger partial charge in [0.25, 0.3) is 0 Å². The molecule has 0 aromatic rings. The third-order valence-corrected chi connectivity index (χ3v) is 8.82. The summed E-state index contributed by atoms with van der Waals surface area (Å²) in [5.41, 5.74) is 2.35. The second kappa shape index (κ2) is 4.71. The Morgan fingerprint density at radius 2 is 1.87 bits per heavy atom. The van der Waals surface area contributed by atoms with Crippen LogP contribution in [0.4, 0.5) is 0 Å². The predicted molar refractivity (Wildman–Crippen MR) is 89.9 cm³/mol. The van der Waals surface area contributed by atoms with E-state index in [1.165, 1.54) is 37.7 Å². The van der Waals surface area contributed by atoms with Crippen LogP contribution >= 0.6 is 0 Å². The molecule has 3 saturated carbocycles. The number of hydrogen-bond donors (Lipinski definition) is 0. The van der Waals surface area contributed by atoms with E-state index < -0.39 is 0 Å². The van der Waals surface area contributed by atoms with Crippen LogP contribution in [-0.4, -0.2) is 18.5 Å². The number of ketones is 1. The van der Waals surface area contributed by atoms with Crippen LogP contribution in [0.1, 0.15) is 65.2 Å². The maximum absolute atomic E-state index is 11.9. The molecule has 1 aliphatic heterocycles. The zero-order valence-corrected chi connectivity index (χ0v) is 14.6. The summed E-state index contributed by atoms with van der Waals surface area (Å²) in [6, 6.07) is 0. The number of fused-ring (bicyclic) bond motifs is 5. The molecule has 0 radical (unpaired) electrons. The lowest BCUT2D eigenvalue weighted by atomic mass is 9.47. The summed E-state index contributed by atoms with van der Waals surface area (Å²) >= 11 is 0. The zero-order chi connectivity index (χ0) is 15.8. The van der Waals surface area contributed by atoms with Crippen molar-refractivity contribution in [3.05, 3.63) is 11.6 Å². The molecule has 5 rings (SSSR count). The summed E-state index contributed by atoms with van der Waals surface area (Å²) < 4.78 is 5.71. The highest BCUT2D eigenvalue weighted by molar-refractivity contribution is 5.82. The van der Waals surface area contributed by atoms with Crippen LogP contribution in [0.25, 0.3) is 0 Å². The van der Waals surface area contributed by atoms with Crippen LogP contribution < -0.4 is 0 Å². The van der Waals surface area contributed by atoms with Gasteiger partial charge in [0.1, 0.15) is 5.78 Å². The molecule has 2 nitrogen and oxygen atoms in total. The molecule has 1 heterocycles. The van der Waals surface area contributed by atoms with Crippen molar-refractivity contribution in [3.8, 4) is 0 Å². The van der Waals surface area contributed by atoms with Gasteiger partial charge in [0.2, 0.25) is 0 Å². The van der Waals surface area contributed by atoms with E-state index in [9.17, 15) is 4.79 Å². The predicted octanol–water partition coefficient (Wildman–Crippen LogP) is 4.53. The smallest absolute Gasteiger partial charge is 0.136 e. The molecule has 0 aromatic heterocycles. The van der Waals surface area contributed by atoms with Crippen molar-refractivity contribution in [2.75, 3.05) is 6.61 Å². The van der Waals surface area contributed by atoms with Crippen LogP contribution in [0, 0.1) is 34.5 Å². The molecule has 0 bridgehead atoms. The van der Waals surface area contributed by atoms with Crippen molar-refractivity contribution in [3.63, 3.8) is 0 Å². The van der Waals surface area contributed by atoms with Gasteiger partial charge in [-0.3, -0.25) is 4.79 Å². The molecule has 23 heavy (non-hydrogen) atoms. The van der Waals surface area contributed by atoms with Gasteiger partial charge in [-0.15, -0.1) is 0 Å². The third kappa shape index (κ3) is 1.94. The maximum atomic E-state index is 11.9. The molecule has 2 heteroatoms. The first-order valence-electron chi connectivity index (χ1n) is 9.85. The third-order valence-electron chi connectivity index (χ3n) is 8.82. The second-order valence-corrected chi connectivity index (χ2v) is 9.57. The first kappa shape index (κ1) is 14.7. The summed E-state index contributed by atoms with van der Waals surface area (Å²) in [5.74, 6) is 3.87. The second-order valence-electron chi connectivity index (χ2n) is 9.57. The Morgan fingerprint density at radius 1 is 1.09 bits per heavy atom. The molecule has 0 unspecified atom stereocenters. The molecule has 4 aliphatic carbocycles. The Morgan fingerprint density at radius 3 is 2.65 bits per heavy atom. The van der Waals surface area contributed by atoms with Gasteiger partial charge in [0, 0.05) is 12.8 Å². The number of hydrogen-bond acceptors (Lipinski definition) is 2. The molecular formula is C21H30O2. The van der Waals surface area contributed by atoms with Gasteiger partial charge in [0.15, 0.2) is 0 Å². The molecule has 4 fully saturated rings. The Balaban J connectivity index is 1.48. The minimum Gasteiger partial charge on any atom is -0.373 e. The highest BCUT2D eigenvalue weighted by atomic mass is 16.6. The number of carbonyl (C=O) groups excluding carboxylic acids is 1. The molecular weight excluding hydrogens is 284 g/mol. The van der Waals surface area contributed by atoms with Crippen LogP contribution in [0.5, 0.6) is 0 Å². The van der Waals surface area contributed by atoms with Gasteiger partial charge >= 0.3 is 0 Å². The van der Waals surface area contributed by atoms with Crippen molar-refractivity contribution in [1.82, 2.24) is 0 Å². The minimum absolute atomic E-state index is 0.326. The summed E-state index contributed by atoms with van der Waals surface area (Å²) in [6.07, 6.45) is 12.6. The molecule has 0 amide bonds. The van der Waals surface area contributed by atoms with Gasteiger partial charge in [-0.05, 0) is 73.0 Å². The van der Waals surface area contributed by atoms with E-state index in [0.29, 0.717) is 22.7 Å². The van der Waals surface area contributed by atoms with Crippen LogP contribution in [-0.2, 0) is 9.53 Å². The Kier molecular flexibility index (Phi) is 3.01. The highest BCUT2D eigenvalue weighted by Crippen LogP contribution is 2.67. The average molecular weight is 314 g/mol. The Labute approximate surface area is 140 Å². The van der Waals surface area contributed by atoms with E-state index >= 15 is 0 Å². The van der Waals surface area contributed by atoms with Gasteiger partial charge in [-0.25, -0.2) is 0 Å². The number of allylic oxidation sites excluding steroid dienone is 2. The lowest BCUT2D eigenvalue weighted by molar-refractivity contribution is -0.122. The first-order valence-corrected chi connectivity index (χ1v) is 9.85. The van der Waals surface area contributed by atoms with Gasteiger partial charge in [0.05, 0.1) is 12.7 Å². The number of carbonyl (C=O) groups is 1. The maximum Gasteiger partial charge on any atom is 0.136 e. The van der Waals surface area contributed by atoms with E-state index in [2.05, 4.69) is 19.9 Å².